The van der Waals surface area contributed by atoms with Crippen molar-refractivity contribution in [3.63, 3.8) is 0 Å². The highest BCUT2D eigenvalue weighted by Crippen LogP contribution is 2.27. The van der Waals surface area contributed by atoms with Gasteiger partial charge in [0.1, 0.15) is 0 Å². The number of amides is 1. The van der Waals surface area contributed by atoms with Crippen LogP contribution in [-0.2, 0) is 11.8 Å². The molecule has 7 nitrogen and oxygen atoms in total. The van der Waals surface area contributed by atoms with Crippen molar-refractivity contribution in [2.24, 2.45) is 7.05 Å². The van der Waals surface area contributed by atoms with E-state index in [9.17, 15) is 4.79 Å². The van der Waals surface area contributed by atoms with Gasteiger partial charge in [-0.2, -0.15) is 5.10 Å². The van der Waals surface area contributed by atoms with Crippen LogP contribution in [0.2, 0.25) is 5.02 Å². The van der Waals surface area contributed by atoms with Crippen LogP contribution in [0.15, 0.2) is 6.20 Å². The Morgan fingerprint density at radius 3 is 2.91 bits per heavy atom. The fourth-order valence-corrected chi connectivity index (χ4v) is 3.13. The first kappa shape index (κ1) is 16.2. The molecule has 1 fully saturated rings. The van der Waals surface area contributed by atoms with Gasteiger partial charge in [-0.05, 0) is 6.92 Å². The Hall–Kier alpha value is -1.70. The Bertz CT molecular complexity index is 724. The smallest absolute Gasteiger partial charge is 0.254 e. The molecule has 0 unspecified atom stereocenters. The summed E-state index contributed by atoms with van der Waals surface area (Å²) >= 11 is 6.40. The zero-order valence-electron chi connectivity index (χ0n) is 13.3. The van der Waals surface area contributed by atoms with Crippen molar-refractivity contribution < 1.29 is 9.53 Å². The summed E-state index contributed by atoms with van der Waals surface area (Å²) in [6.07, 6.45) is 1.51. The standard InChI is InChI=1S/C15H20ClN5O2/c1-10-12-13(16)11(9-18-14(12)20(2)19-10)15(22)17-3-4-21-5-7-23-8-6-21/h9H,3-8H2,1-2H3,(H,17,22). The topological polar surface area (TPSA) is 72.3 Å². The molecule has 1 aliphatic heterocycles. The van der Waals surface area contributed by atoms with Crippen LogP contribution in [0.25, 0.3) is 11.0 Å². The maximum absolute atomic E-state index is 12.4. The average molecular weight is 338 g/mol. The van der Waals surface area contributed by atoms with E-state index >= 15 is 0 Å². The molecule has 1 N–H and O–H groups in total. The molecule has 3 rings (SSSR count). The van der Waals surface area contributed by atoms with Crippen molar-refractivity contribution in [3.8, 4) is 0 Å². The lowest BCUT2D eigenvalue weighted by molar-refractivity contribution is 0.0383. The van der Waals surface area contributed by atoms with Crippen LogP contribution in [0.5, 0.6) is 0 Å². The molecule has 1 amide bonds. The molecule has 1 saturated heterocycles. The first-order valence-corrected chi connectivity index (χ1v) is 8.02. The third kappa shape index (κ3) is 3.31. The van der Waals surface area contributed by atoms with Crippen LogP contribution < -0.4 is 5.32 Å². The maximum Gasteiger partial charge on any atom is 0.254 e. The van der Waals surface area contributed by atoms with Crippen LogP contribution in [-0.4, -0.2) is 65.0 Å². The van der Waals surface area contributed by atoms with Gasteiger partial charge in [0.25, 0.3) is 5.91 Å². The molecule has 0 saturated carbocycles. The summed E-state index contributed by atoms with van der Waals surface area (Å²) < 4.78 is 6.97. The number of halogens is 1. The molecule has 0 radical (unpaired) electrons. The van der Waals surface area contributed by atoms with E-state index in [1.54, 1.807) is 11.7 Å². The third-order valence-electron chi connectivity index (χ3n) is 4.03. The molecule has 3 heterocycles. The second kappa shape index (κ2) is 6.82. The zero-order valence-corrected chi connectivity index (χ0v) is 14.1. The normalized spacial score (nSPS) is 16.0. The van der Waals surface area contributed by atoms with Crippen molar-refractivity contribution in [3.05, 3.63) is 22.5 Å². The maximum atomic E-state index is 12.4. The van der Waals surface area contributed by atoms with E-state index in [2.05, 4.69) is 20.3 Å². The number of carbonyl (C=O) groups excluding carboxylic acids is 1. The fourth-order valence-electron chi connectivity index (χ4n) is 2.77. The van der Waals surface area contributed by atoms with Gasteiger partial charge in [-0.25, -0.2) is 4.98 Å². The van der Waals surface area contributed by atoms with Crippen molar-refractivity contribution >= 4 is 28.5 Å². The number of aromatic nitrogens is 3. The number of pyridine rings is 1. The molecule has 0 aromatic carbocycles. The number of nitrogens with one attached hydrogen (secondary N) is 1. The molecular weight excluding hydrogens is 318 g/mol. The largest absolute Gasteiger partial charge is 0.379 e. The highest BCUT2D eigenvalue weighted by molar-refractivity contribution is 6.38. The Balaban J connectivity index is 1.68. The molecule has 0 atom stereocenters. The number of carbonyl (C=O) groups is 1. The average Bonchev–Trinajstić information content (AvgIpc) is 2.84. The van der Waals surface area contributed by atoms with Gasteiger partial charge in [0.2, 0.25) is 0 Å². The van der Waals surface area contributed by atoms with E-state index in [0.29, 0.717) is 22.8 Å². The quantitative estimate of drug-likeness (QED) is 0.901. The number of nitrogens with zero attached hydrogens (tertiary/aromatic N) is 4. The predicted octanol–water partition coefficient (Wildman–Crippen LogP) is 0.992. The minimum absolute atomic E-state index is 0.207. The first-order valence-electron chi connectivity index (χ1n) is 7.64. The predicted molar refractivity (Wildman–Crippen MR) is 87.8 cm³/mol. The summed E-state index contributed by atoms with van der Waals surface area (Å²) in [7, 11) is 1.81. The molecule has 0 spiro atoms. The molecule has 1 aliphatic rings. The lowest BCUT2D eigenvalue weighted by Gasteiger charge is -2.26. The summed E-state index contributed by atoms with van der Waals surface area (Å²) in [6, 6.07) is 0. The Labute approximate surface area is 139 Å². The van der Waals surface area contributed by atoms with E-state index in [1.165, 1.54) is 6.20 Å². The number of morpholine rings is 1. The van der Waals surface area contributed by atoms with Crippen molar-refractivity contribution in [1.82, 2.24) is 25.0 Å². The summed E-state index contributed by atoms with van der Waals surface area (Å²) in [5.41, 5.74) is 1.83. The van der Waals surface area contributed by atoms with Crippen LogP contribution in [0.4, 0.5) is 0 Å². The Morgan fingerprint density at radius 2 is 2.17 bits per heavy atom. The fraction of sp³-hybridized carbons (Fsp3) is 0.533. The molecule has 124 valence electrons. The van der Waals surface area contributed by atoms with E-state index in [0.717, 1.165) is 43.9 Å². The third-order valence-corrected chi connectivity index (χ3v) is 4.42. The van der Waals surface area contributed by atoms with E-state index in [4.69, 9.17) is 16.3 Å². The van der Waals surface area contributed by atoms with Gasteiger partial charge >= 0.3 is 0 Å². The number of rotatable bonds is 4. The second-order valence-electron chi connectivity index (χ2n) is 5.60. The highest BCUT2D eigenvalue weighted by atomic mass is 35.5. The van der Waals surface area contributed by atoms with Gasteiger partial charge in [0, 0.05) is 39.4 Å². The second-order valence-corrected chi connectivity index (χ2v) is 5.98. The van der Waals surface area contributed by atoms with E-state index < -0.39 is 0 Å². The highest BCUT2D eigenvalue weighted by Gasteiger charge is 2.18. The summed E-state index contributed by atoms with van der Waals surface area (Å²) in [6.45, 7) is 6.53. The number of hydrogen-bond donors (Lipinski definition) is 1. The number of fused-ring (bicyclic) bond motifs is 1. The number of hydrogen-bond acceptors (Lipinski definition) is 5. The molecule has 0 bridgehead atoms. The Kier molecular flexibility index (Phi) is 4.79. The SMILES string of the molecule is Cc1nn(C)c2ncc(C(=O)NCCN3CCOCC3)c(Cl)c12. The van der Waals surface area contributed by atoms with Crippen molar-refractivity contribution in [1.29, 1.82) is 0 Å². The summed E-state index contributed by atoms with van der Waals surface area (Å²) in [4.78, 5) is 18.9. The lowest BCUT2D eigenvalue weighted by Crippen LogP contribution is -2.41. The van der Waals surface area contributed by atoms with Crippen LogP contribution in [0.3, 0.4) is 0 Å². The molecule has 0 aliphatic carbocycles. The summed E-state index contributed by atoms with van der Waals surface area (Å²) in [5.74, 6) is -0.207. The molecule has 23 heavy (non-hydrogen) atoms. The van der Waals surface area contributed by atoms with E-state index in [1.807, 2.05) is 6.92 Å². The van der Waals surface area contributed by atoms with Gasteiger partial charge < -0.3 is 10.1 Å². The van der Waals surface area contributed by atoms with Gasteiger partial charge in [-0.1, -0.05) is 11.6 Å². The van der Waals surface area contributed by atoms with Gasteiger partial charge in [0.15, 0.2) is 5.65 Å². The van der Waals surface area contributed by atoms with Gasteiger partial charge in [-0.3, -0.25) is 14.4 Å². The van der Waals surface area contributed by atoms with Crippen LogP contribution in [0, 0.1) is 6.92 Å². The lowest BCUT2D eigenvalue weighted by atomic mass is 10.2. The van der Waals surface area contributed by atoms with Gasteiger partial charge in [-0.15, -0.1) is 0 Å². The minimum Gasteiger partial charge on any atom is -0.379 e. The van der Waals surface area contributed by atoms with Crippen LogP contribution in [0.1, 0.15) is 16.1 Å². The number of ether oxygens (including phenoxy) is 1. The molecule has 2 aromatic rings. The molecule has 2 aromatic heterocycles. The van der Waals surface area contributed by atoms with Gasteiger partial charge in [0.05, 0.1) is 34.9 Å². The monoisotopic (exact) mass is 337 g/mol. The zero-order chi connectivity index (χ0) is 16.4. The number of aryl methyl sites for hydroxylation is 2. The van der Waals surface area contributed by atoms with Crippen molar-refractivity contribution in [2.75, 3.05) is 39.4 Å². The minimum atomic E-state index is -0.207. The van der Waals surface area contributed by atoms with E-state index in [-0.39, 0.29) is 5.91 Å². The summed E-state index contributed by atoms with van der Waals surface area (Å²) in [5, 5.41) is 8.34. The molecular formula is C15H20ClN5O2. The molecule has 8 heteroatoms. The Morgan fingerprint density at radius 1 is 1.43 bits per heavy atom. The van der Waals surface area contributed by atoms with Crippen LogP contribution >= 0.6 is 11.6 Å². The first-order chi connectivity index (χ1) is 11.1. The van der Waals surface area contributed by atoms with Crippen molar-refractivity contribution in [2.45, 2.75) is 6.92 Å².